The Balaban J connectivity index is 1.89. The van der Waals surface area contributed by atoms with Crippen molar-refractivity contribution in [2.45, 2.75) is 65.1 Å². The van der Waals surface area contributed by atoms with Crippen LogP contribution in [0.1, 0.15) is 54.3 Å². The van der Waals surface area contributed by atoms with Gasteiger partial charge >= 0.3 is 0 Å². The SMILES string of the molecule is CCC1CCC(N(C)Cc2cc(CNC)sc2C)CC1. The molecule has 0 saturated heterocycles. The normalized spacial score (nSPS) is 23.4. The zero-order valence-corrected chi connectivity index (χ0v) is 14.4. The molecule has 1 heterocycles. The van der Waals surface area contributed by atoms with E-state index >= 15 is 0 Å². The van der Waals surface area contributed by atoms with Crippen LogP contribution in [0.4, 0.5) is 0 Å². The summed E-state index contributed by atoms with van der Waals surface area (Å²) >= 11 is 1.94. The van der Waals surface area contributed by atoms with Gasteiger partial charge in [-0.2, -0.15) is 0 Å². The van der Waals surface area contributed by atoms with E-state index in [1.54, 1.807) is 0 Å². The minimum absolute atomic E-state index is 0.796. The van der Waals surface area contributed by atoms with Gasteiger partial charge in [0, 0.05) is 28.9 Å². The van der Waals surface area contributed by atoms with Gasteiger partial charge in [-0.25, -0.2) is 0 Å². The Hall–Kier alpha value is -0.380. The van der Waals surface area contributed by atoms with Crippen LogP contribution in [-0.2, 0) is 13.1 Å². The van der Waals surface area contributed by atoms with Crippen LogP contribution in [0.3, 0.4) is 0 Å². The van der Waals surface area contributed by atoms with Crippen LogP contribution in [0.25, 0.3) is 0 Å². The van der Waals surface area contributed by atoms with Crippen LogP contribution >= 0.6 is 11.3 Å². The molecule has 2 rings (SSSR count). The highest BCUT2D eigenvalue weighted by atomic mass is 32.1. The molecule has 0 amide bonds. The maximum atomic E-state index is 3.25. The number of hydrogen-bond acceptors (Lipinski definition) is 3. The maximum Gasteiger partial charge on any atom is 0.0296 e. The summed E-state index contributed by atoms with van der Waals surface area (Å²) in [7, 11) is 4.33. The van der Waals surface area contributed by atoms with Crippen LogP contribution in [0.5, 0.6) is 0 Å². The fourth-order valence-electron chi connectivity index (χ4n) is 3.40. The highest BCUT2D eigenvalue weighted by Crippen LogP contribution is 2.30. The van der Waals surface area contributed by atoms with Crippen molar-refractivity contribution in [3.63, 3.8) is 0 Å². The van der Waals surface area contributed by atoms with Crippen molar-refractivity contribution in [3.05, 3.63) is 21.4 Å². The lowest BCUT2D eigenvalue weighted by Crippen LogP contribution is -2.34. The van der Waals surface area contributed by atoms with Crippen molar-refractivity contribution in [1.82, 2.24) is 10.2 Å². The van der Waals surface area contributed by atoms with Crippen LogP contribution in [0.2, 0.25) is 0 Å². The molecule has 0 bridgehead atoms. The first-order chi connectivity index (χ1) is 9.63. The van der Waals surface area contributed by atoms with Crippen LogP contribution in [0.15, 0.2) is 6.07 Å². The predicted octanol–water partition coefficient (Wildman–Crippen LogP) is 4.18. The minimum Gasteiger partial charge on any atom is -0.315 e. The predicted molar refractivity (Wildman–Crippen MR) is 89.3 cm³/mol. The van der Waals surface area contributed by atoms with E-state index in [0.717, 1.165) is 25.0 Å². The molecule has 20 heavy (non-hydrogen) atoms. The molecule has 1 N–H and O–H groups in total. The highest BCUT2D eigenvalue weighted by Gasteiger charge is 2.23. The number of rotatable bonds is 6. The minimum atomic E-state index is 0.796. The summed E-state index contributed by atoms with van der Waals surface area (Å²) < 4.78 is 0. The Labute approximate surface area is 128 Å². The van der Waals surface area contributed by atoms with E-state index in [0.29, 0.717) is 0 Å². The molecule has 0 atom stereocenters. The summed E-state index contributed by atoms with van der Waals surface area (Å²) in [5.41, 5.74) is 1.53. The molecule has 1 fully saturated rings. The van der Waals surface area contributed by atoms with Crippen LogP contribution in [-0.4, -0.2) is 25.0 Å². The van der Waals surface area contributed by atoms with Gasteiger partial charge in [0.1, 0.15) is 0 Å². The van der Waals surface area contributed by atoms with Gasteiger partial charge in [0.2, 0.25) is 0 Å². The van der Waals surface area contributed by atoms with E-state index < -0.39 is 0 Å². The van der Waals surface area contributed by atoms with E-state index in [2.05, 4.69) is 37.2 Å². The molecule has 0 radical (unpaired) electrons. The fraction of sp³-hybridized carbons (Fsp3) is 0.765. The second-order valence-corrected chi connectivity index (χ2v) is 7.66. The van der Waals surface area contributed by atoms with E-state index in [1.807, 2.05) is 18.4 Å². The lowest BCUT2D eigenvalue weighted by Gasteiger charge is -2.34. The average Bonchev–Trinajstić information content (AvgIpc) is 2.79. The van der Waals surface area contributed by atoms with Crippen molar-refractivity contribution >= 4 is 11.3 Å². The molecule has 1 aromatic rings. The largest absolute Gasteiger partial charge is 0.315 e. The molecular formula is C17H30N2S. The fourth-order valence-corrected chi connectivity index (χ4v) is 4.46. The second kappa shape index (κ2) is 7.58. The van der Waals surface area contributed by atoms with Gasteiger partial charge in [0.15, 0.2) is 0 Å². The van der Waals surface area contributed by atoms with E-state index in [-0.39, 0.29) is 0 Å². The smallest absolute Gasteiger partial charge is 0.0296 e. The number of hydrogen-bond donors (Lipinski definition) is 1. The lowest BCUT2D eigenvalue weighted by atomic mass is 9.84. The molecule has 1 aliphatic carbocycles. The Morgan fingerprint density at radius 3 is 2.60 bits per heavy atom. The molecule has 0 aromatic carbocycles. The summed E-state index contributed by atoms with van der Waals surface area (Å²) in [6.07, 6.45) is 7.01. The summed E-state index contributed by atoms with van der Waals surface area (Å²) in [6.45, 7) is 6.72. The number of nitrogens with zero attached hydrogens (tertiary/aromatic N) is 1. The van der Waals surface area contributed by atoms with Gasteiger partial charge in [-0.15, -0.1) is 11.3 Å². The molecule has 0 aliphatic heterocycles. The molecule has 0 unspecified atom stereocenters. The van der Waals surface area contributed by atoms with Gasteiger partial charge in [0.25, 0.3) is 0 Å². The Morgan fingerprint density at radius 2 is 2.00 bits per heavy atom. The first-order valence-corrected chi connectivity index (χ1v) is 8.88. The summed E-state index contributed by atoms with van der Waals surface area (Å²) in [5.74, 6) is 0.991. The topological polar surface area (TPSA) is 15.3 Å². The standard InChI is InChI=1S/C17H30N2S/c1-5-14-6-8-16(9-7-14)19(4)12-15-10-17(11-18-3)20-13(15)2/h10,14,16,18H,5-9,11-12H2,1-4H3. The third kappa shape index (κ3) is 4.06. The number of aryl methyl sites for hydroxylation is 1. The zero-order chi connectivity index (χ0) is 14.5. The Bertz CT molecular complexity index is 405. The second-order valence-electron chi connectivity index (χ2n) is 6.32. The maximum absolute atomic E-state index is 3.25. The van der Waals surface area contributed by atoms with E-state index in [9.17, 15) is 0 Å². The third-order valence-corrected chi connectivity index (χ3v) is 5.95. The molecule has 3 heteroatoms. The Morgan fingerprint density at radius 1 is 1.30 bits per heavy atom. The molecular weight excluding hydrogens is 264 g/mol. The van der Waals surface area contributed by atoms with Gasteiger partial charge in [-0.1, -0.05) is 13.3 Å². The van der Waals surface area contributed by atoms with E-state index in [1.165, 1.54) is 47.4 Å². The number of nitrogens with one attached hydrogen (secondary N) is 1. The average molecular weight is 295 g/mol. The van der Waals surface area contributed by atoms with Crippen molar-refractivity contribution < 1.29 is 0 Å². The quantitative estimate of drug-likeness (QED) is 0.847. The van der Waals surface area contributed by atoms with Crippen LogP contribution < -0.4 is 5.32 Å². The van der Waals surface area contributed by atoms with Crippen LogP contribution in [0, 0.1) is 12.8 Å². The van der Waals surface area contributed by atoms with Crippen molar-refractivity contribution in [1.29, 1.82) is 0 Å². The molecule has 2 nitrogen and oxygen atoms in total. The summed E-state index contributed by atoms with van der Waals surface area (Å²) in [6, 6.07) is 3.19. The van der Waals surface area contributed by atoms with Gasteiger partial charge in [-0.05, 0) is 64.3 Å². The summed E-state index contributed by atoms with van der Waals surface area (Å²) in [4.78, 5) is 5.54. The lowest BCUT2D eigenvalue weighted by molar-refractivity contribution is 0.157. The van der Waals surface area contributed by atoms with Gasteiger partial charge < -0.3 is 5.32 Å². The monoisotopic (exact) mass is 294 g/mol. The molecule has 0 spiro atoms. The van der Waals surface area contributed by atoms with Crippen molar-refractivity contribution in [2.24, 2.45) is 5.92 Å². The Kier molecular flexibility index (Phi) is 6.06. The molecule has 1 aliphatic rings. The first kappa shape index (κ1) is 16.0. The van der Waals surface area contributed by atoms with Crippen molar-refractivity contribution in [2.75, 3.05) is 14.1 Å². The third-order valence-electron chi connectivity index (χ3n) is 4.86. The molecule has 1 aromatic heterocycles. The first-order valence-electron chi connectivity index (χ1n) is 8.07. The molecule has 1 saturated carbocycles. The van der Waals surface area contributed by atoms with E-state index in [4.69, 9.17) is 0 Å². The zero-order valence-electron chi connectivity index (χ0n) is 13.5. The highest BCUT2D eigenvalue weighted by molar-refractivity contribution is 7.12. The van der Waals surface area contributed by atoms with Gasteiger partial charge in [-0.3, -0.25) is 4.90 Å². The van der Waals surface area contributed by atoms with Crippen molar-refractivity contribution in [3.8, 4) is 0 Å². The summed E-state index contributed by atoms with van der Waals surface area (Å²) in [5, 5.41) is 3.25. The molecule has 114 valence electrons. The number of thiophene rings is 1. The van der Waals surface area contributed by atoms with Gasteiger partial charge in [0.05, 0.1) is 0 Å².